The molecular formula is C27H45N5O2. The lowest BCUT2D eigenvalue weighted by Gasteiger charge is -2.53. The van der Waals surface area contributed by atoms with Gasteiger partial charge in [0.15, 0.2) is 0 Å². The largest absolute Gasteiger partial charge is 0.342 e. The van der Waals surface area contributed by atoms with Crippen molar-refractivity contribution in [2.24, 2.45) is 23.7 Å². The van der Waals surface area contributed by atoms with Crippen LogP contribution in [0.2, 0.25) is 0 Å². The molecule has 2 aliphatic heterocycles. The molecule has 4 atom stereocenters. The number of hydrogen-bond donors (Lipinski definition) is 2. The Hall–Kier alpha value is -1.89. The second-order valence-electron chi connectivity index (χ2n) is 11.9. The summed E-state index contributed by atoms with van der Waals surface area (Å²) >= 11 is 0. The Kier molecular flexibility index (Phi) is 7.70. The van der Waals surface area contributed by atoms with Gasteiger partial charge in [0.05, 0.1) is 6.20 Å². The Balaban J connectivity index is 1.54. The van der Waals surface area contributed by atoms with Crippen molar-refractivity contribution in [1.82, 2.24) is 25.3 Å². The Labute approximate surface area is 205 Å². The molecule has 2 amide bonds. The third kappa shape index (κ3) is 4.91. The molecule has 3 unspecified atom stereocenters. The molecule has 3 fully saturated rings. The van der Waals surface area contributed by atoms with Crippen LogP contribution in [0.5, 0.6) is 0 Å². The Morgan fingerprint density at radius 2 is 1.79 bits per heavy atom. The molecule has 7 nitrogen and oxygen atoms in total. The lowest BCUT2D eigenvalue weighted by atomic mass is 9.71. The number of H-pyrrole nitrogens is 1. The van der Waals surface area contributed by atoms with E-state index in [1.165, 1.54) is 24.8 Å². The van der Waals surface area contributed by atoms with Crippen LogP contribution in [-0.2, 0) is 9.59 Å². The number of carbonyl (C=O) groups is 2. The fourth-order valence-electron chi connectivity index (χ4n) is 7.19. The minimum absolute atomic E-state index is 0.0608. The zero-order chi connectivity index (χ0) is 24.5. The quantitative estimate of drug-likeness (QED) is 0.626. The lowest BCUT2D eigenvalue weighted by molar-refractivity contribution is -0.162. The molecule has 0 bridgehead atoms. The molecule has 1 aromatic heterocycles. The monoisotopic (exact) mass is 471 g/mol. The maximum atomic E-state index is 13.5. The van der Waals surface area contributed by atoms with Crippen molar-refractivity contribution in [1.29, 1.82) is 0 Å². The molecule has 3 aliphatic rings. The number of piperazine rings is 1. The molecule has 34 heavy (non-hydrogen) atoms. The fourth-order valence-corrected chi connectivity index (χ4v) is 7.19. The van der Waals surface area contributed by atoms with Gasteiger partial charge in [-0.1, -0.05) is 34.6 Å². The second-order valence-corrected chi connectivity index (χ2v) is 11.9. The highest BCUT2D eigenvalue weighted by Gasteiger charge is 2.54. The molecule has 1 aromatic rings. The molecule has 2 saturated heterocycles. The van der Waals surface area contributed by atoms with Crippen molar-refractivity contribution >= 4 is 11.8 Å². The summed E-state index contributed by atoms with van der Waals surface area (Å²) in [7, 11) is 0. The minimum atomic E-state index is -0.703. The topological polar surface area (TPSA) is 81.3 Å². The Bertz CT molecular complexity index is 820. The summed E-state index contributed by atoms with van der Waals surface area (Å²) in [6.45, 7) is 13.4. The number of carbonyl (C=O) groups excluding carboxylic acids is 2. The average Bonchev–Trinajstić information content (AvgIpc) is 3.30. The SMILES string of the molecule is CCCN1C(=O)[C@H](CC(C)C)NC(=O)C12CCN(C(c1cn[nH]c1)C1CC(C)CC(C)C1)CC2. The third-order valence-corrected chi connectivity index (χ3v) is 8.50. The van der Waals surface area contributed by atoms with Crippen molar-refractivity contribution in [2.45, 2.75) is 97.2 Å². The molecule has 2 N–H and O–H groups in total. The normalized spacial score (nSPS) is 31.2. The summed E-state index contributed by atoms with van der Waals surface area (Å²) < 4.78 is 0. The summed E-state index contributed by atoms with van der Waals surface area (Å²) in [6, 6.07) is -0.0661. The first-order chi connectivity index (χ1) is 16.2. The van der Waals surface area contributed by atoms with Crippen molar-refractivity contribution in [3.05, 3.63) is 18.0 Å². The maximum absolute atomic E-state index is 13.5. The predicted octanol–water partition coefficient (Wildman–Crippen LogP) is 4.14. The molecule has 190 valence electrons. The number of likely N-dealkylation sites (tertiary alicyclic amines) is 1. The molecular weight excluding hydrogens is 426 g/mol. The van der Waals surface area contributed by atoms with Crippen LogP contribution in [0, 0.1) is 23.7 Å². The van der Waals surface area contributed by atoms with Gasteiger partial charge in [0.1, 0.15) is 11.6 Å². The van der Waals surface area contributed by atoms with Crippen LogP contribution in [0.3, 0.4) is 0 Å². The van der Waals surface area contributed by atoms with Gasteiger partial charge in [-0.2, -0.15) is 5.10 Å². The smallest absolute Gasteiger partial charge is 0.246 e. The number of aromatic amines is 1. The van der Waals surface area contributed by atoms with Crippen LogP contribution in [0.15, 0.2) is 12.4 Å². The minimum Gasteiger partial charge on any atom is -0.342 e. The van der Waals surface area contributed by atoms with Crippen LogP contribution in [0.4, 0.5) is 0 Å². The lowest BCUT2D eigenvalue weighted by Crippen LogP contribution is -2.73. The van der Waals surface area contributed by atoms with Crippen molar-refractivity contribution in [3.8, 4) is 0 Å². The molecule has 1 aliphatic carbocycles. The molecule has 3 heterocycles. The molecule has 0 aromatic carbocycles. The fraction of sp³-hybridized carbons (Fsp3) is 0.815. The first-order valence-corrected chi connectivity index (χ1v) is 13.6. The predicted molar refractivity (Wildman–Crippen MR) is 134 cm³/mol. The summed E-state index contributed by atoms with van der Waals surface area (Å²) in [4.78, 5) is 31.6. The van der Waals surface area contributed by atoms with Crippen molar-refractivity contribution in [3.63, 3.8) is 0 Å². The van der Waals surface area contributed by atoms with E-state index in [0.29, 0.717) is 43.7 Å². The molecule has 4 rings (SSSR count). The average molecular weight is 472 g/mol. The van der Waals surface area contributed by atoms with Gasteiger partial charge in [0.2, 0.25) is 11.8 Å². The van der Waals surface area contributed by atoms with Crippen molar-refractivity contribution in [2.75, 3.05) is 19.6 Å². The molecule has 1 saturated carbocycles. The molecule has 0 radical (unpaired) electrons. The van der Waals surface area contributed by atoms with Gasteiger partial charge in [-0.15, -0.1) is 0 Å². The first-order valence-electron chi connectivity index (χ1n) is 13.6. The number of hydrogen-bond acceptors (Lipinski definition) is 4. The van der Waals surface area contributed by atoms with Crippen LogP contribution in [0.25, 0.3) is 0 Å². The van der Waals surface area contributed by atoms with E-state index in [1.54, 1.807) is 0 Å². The first kappa shape index (κ1) is 25.2. The van der Waals surface area contributed by atoms with Crippen LogP contribution in [-0.4, -0.2) is 63.0 Å². The van der Waals surface area contributed by atoms with E-state index in [4.69, 9.17) is 0 Å². The number of rotatable bonds is 7. The van der Waals surface area contributed by atoms with Crippen LogP contribution in [0.1, 0.15) is 91.2 Å². The summed E-state index contributed by atoms with van der Waals surface area (Å²) in [5.41, 5.74) is 0.555. The van der Waals surface area contributed by atoms with E-state index in [2.05, 4.69) is 61.2 Å². The van der Waals surface area contributed by atoms with E-state index in [1.807, 2.05) is 11.1 Å². The maximum Gasteiger partial charge on any atom is 0.246 e. The summed E-state index contributed by atoms with van der Waals surface area (Å²) in [5.74, 6) is 2.60. The van der Waals surface area contributed by atoms with Crippen molar-refractivity contribution < 1.29 is 9.59 Å². The highest BCUT2D eigenvalue weighted by molar-refractivity contribution is 6.00. The van der Waals surface area contributed by atoms with E-state index in [0.717, 1.165) is 31.3 Å². The van der Waals surface area contributed by atoms with Gasteiger partial charge in [-0.3, -0.25) is 19.6 Å². The summed E-state index contributed by atoms with van der Waals surface area (Å²) in [5, 5.41) is 10.4. The van der Waals surface area contributed by atoms with Gasteiger partial charge in [-0.05, 0) is 68.6 Å². The van der Waals surface area contributed by atoms with Gasteiger partial charge >= 0.3 is 0 Å². The zero-order valence-electron chi connectivity index (χ0n) is 21.8. The number of amides is 2. The van der Waals surface area contributed by atoms with Gasteiger partial charge < -0.3 is 10.2 Å². The highest BCUT2D eigenvalue weighted by atomic mass is 16.2. The number of nitrogens with one attached hydrogen (secondary N) is 2. The number of nitrogens with zero attached hydrogens (tertiary/aromatic N) is 3. The van der Waals surface area contributed by atoms with Crippen LogP contribution < -0.4 is 5.32 Å². The Morgan fingerprint density at radius 3 is 2.35 bits per heavy atom. The second kappa shape index (κ2) is 10.4. The van der Waals surface area contributed by atoms with Gasteiger partial charge in [0, 0.05) is 37.4 Å². The van der Waals surface area contributed by atoms with E-state index in [9.17, 15) is 9.59 Å². The molecule has 1 spiro atoms. The number of piperidine rings is 1. The highest BCUT2D eigenvalue weighted by Crippen LogP contribution is 2.45. The zero-order valence-corrected chi connectivity index (χ0v) is 21.8. The third-order valence-electron chi connectivity index (χ3n) is 8.50. The molecule has 7 heteroatoms. The van der Waals surface area contributed by atoms with Crippen LogP contribution >= 0.6 is 0 Å². The van der Waals surface area contributed by atoms with Gasteiger partial charge in [-0.25, -0.2) is 0 Å². The number of aromatic nitrogens is 2. The van der Waals surface area contributed by atoms with E-state index >= 15 is 0 Å². The van der Waals surface area contributed by atoms with E-state index < -0.39 is 5.54 Å². The Morgan fingerprint density at radius 1 is 1.12 bits per heavy atom. The van der Waals surface area contributed by atoms with E-state index in [-0.39, 0.29) is 17.9 Å². The van der Waals surface area contributed by atoms with Gasteiger partial charge in [0.25, 0.3) is 0 Å². The standard InChI is InChI=1S/C27H45N5O2/c1-6-9-32-25(33)23(12-18(2)3)30-26(34)27(32)7-10-31(11-8-27)24(22-16-28-29-17-22)21-14-19(4)13-20(5)15-21/h16-21,23-24H,6-15H2,1-5H3,(H,28,29)(H,30,34)/t19?,20?,21?,23-,24?/m0/s1. The summed E-state index contributed by atoms with van der Waals surface area (Å²) in [6.07, 6.45) is 10.8.